The monoisotopic (exact) mass is 528 g/mol. The molecule has 1 atom stereocenters. The lowest BCUT2D eigenvalue weighted by molar-refractivity contribution is -0.148. The summed E-state index contributed by atoms with van der Waals surface area (Å²) >= 11 is 0. The van der Waals surface area contributed by atoms with Gasteiger partial charge >= 0.3 is 14.5 Å². The number of aliphatic hydroxyl groups is 1. The number of aliphatic hydroxyl groups excluding tert-OH is 1. The van der Waals surface area contributed by atoms with Gasteiger partial charge in [0.05, 0.1) is 13.2 Å². The van der Waals surface area contributed by atoms with Gasteiger partial charge in [0.2, 0.25) is 0 Å². The summed E-state index contributed by atoms with van der Waals surface area (Å²) in [6.07, 6.45) is 2.31. The molecule has 194 valence electrons. The molecular formula is C24H44O7Si3. The van der Waals surface area contributed by atoms with Gasteiger partial charge in [-0.1, -0.05) is 50.1 Å². The maximum atomic E-state index is 12.1. The normalized spacial score (nSPS) is 13.5. The van der Waals surface area contributed by atoms with Gasteiger partial charge in [0.25, 0.3) is 5.78 Å². The smallest absolute Gasteiger partial charge is 0.380 e. The summed E-state index contributed by atoms with van der Waals surface area (Å²) in [6, 6.07) is 10.3. The van der Waals surface area contributed by atoms with Gasteiger partial charge in [0.15, 0.2) is 16.6 Å². The number of carbonyl (C=O) groups is 2. The van der Waals surface area contributed by atoms with Crippen molar-refractivity contribution >= 4 is 36.9 Å². The van der Waals surface area contributed by atoms with E-state index in [-0.39, 0.29) is 12.2 Å². The van der Waals surface area contributed by atoms with Crippen molar-refractivity contribution in [3.05, 3.63) is 35.9 Å². The number of carbonyl (C=O) groups excluding carboxylic acids is 2. The van der Waals surface area contributed by atoms with Crippen molar-refractivity contribution in [3.63, 3.8) is 0 Å². The predicted octanol–water partition coefficient (Wildman–Crippen LogP) is 5.13. The molecular weight excluding hydrogens is 485 g/mol. The van der Waals surface area contributed by atoms with Crippen LogP contribution >= 0.6 is 0 Å². The first-order valence-corrected chi connectivity index (χ1v) is 21.2. The molecule has 1 rings (SSSR count). The molecule has 0 aliphatic carbocycles. The Balaban J connectivity index is 2.40. The number of rotatable bonds is 17. The Morgan fingerprint density at radius 2 is 1.47 bits per heavy atom. The van der Waals surface area contributed by atoms with E-state index in [1.54, 1.807) is 30.3 Å². The van der Waals surface area contributed by atoms with Crippen molar-refractivity contribution in [2.24, 2.45) is 0 Å². The molecule has 0 spiro atoms. The minimum Gasteiger partial charge on any atom is -0.451 e. The summed E-state index contributed by atoms with van der Waals surface area (Å²) in [6.45, 7) is 15.6. The van der Waals surface area contributed by atoms with Gasteiger partial charge in [-0.25, -0.2) is 4.79 Å². The van der Waals surface area contributed by atoms with E-state index in [1.165, 1.54) is 12.8 Å². The van der Waals surface area contributed by atoms with Crippen LogP contribution in [0.5, 0.6) is 0 Å². The van der Waals surface area contributed by atoms with Crippen molar-refractivity contribution in [2.75, 3.05) is 19.8 Å². The van der Waals surface area contributed by atoms with Crippen molar-refractivity contribution < 1.29 is 32.4 Å². The molecule has 1 aromatic rings. The Hall–Kier alpha value is -1.15. The second-order valence-corrected chi connectivity index (χ2v) is 22.8. The Morgan fingerprint density at radius 3 is 2.00 bits per heavy atom. The number of ether oxygens (including phenoxy) is 2. The topological polar surface area (TPSA) is 91.3 Å². The van der Waals surface area contributed by atoms with Crippen LogP contribution in [-0.4, -0.2) is 68.0 Å². The van der Waals surface area contributed by atoms with E-state index in [4.69, 9.17) is 17.7 Å². The third-order valence-corrected chi connectivity index (χ3v) is 16.7. The Kier molecular flexibility index (Phi) is 13.1. The van der Waals surface area contributed by atoms with Gasteiger partial charge < -0.3 is 22.8 Å². The third-order valence-electron chi connectivity index (χ3n) is 5.25. The van der Waals surface area contributed by atoms with E-state index in [9.17, 15) is 14.7 Å². The maximum Gasteiger partial charge on any atom is 0.380 e. The van der Waals surface area contributed by atoms with Crippen LogP contribution in [0.1, 0.15) is 36.5 Å². The first kappa shape index (κ1) is 30.9. The predicted molar refractivity (Wildman–Crippen MR) is 142 cm³/mol. The average Bonchev–Trinajstić information content (AvgIpc) is 2.74. The first-order chi connectivity index (χ1) is 15.8. The summed E-state index contributed by atoms with van der Waals surface area (Å²) in [5.74, 6) is -1.73. The van der Waals surface area contributed by atoms with E-state index in [0.717, 1.165) is 18.5 Å². The van der Waals surface area contributed by atoms with Crippen molar-refractivity contribution in [1.29, 1.82) is 0 Å². The van der Waals surface area contributed by atoms with Crippen molar-refractivity contribution in [2.45, 2.75) is 83.7 Å². The largest absolute Gasteiger partial charge is 0.451 e. The first-order valence-electron chi connectivity index (χ1n) is 12.2. The molecule has 1 aromatic carbocycles. The second-order valence-electron chi connectivity index (χ2n) is 10.3. The third kappa shape index (κ3) is 12.5. The minimum absolute atomic E-state index is 0.0354. The van der Waals surface area contributed by atoms with E-state index in [1.807, 2.05) is 0 Å². The van der Waals surface area contributed by atoms with Gasteiger partial charge in [0, 0.05) is 12.2 Å². The lowest BCUT2D eigenvalue weighted by Crippen LogP contribution is -2.52. The Labute approximate surface area is 208 Å². The SMILES string of the molecule is CCCC[Si](C)(C)O[Si](C)(C)O[Si](C)(C)CCCOCC(CO)OC(=O)C(=O)c1ccccc1. The summed E-state index contributed by atoms with van der Waals surface area (Å²) in [5.41, 5.74) is 0.254. The molecule has 1 unspecified atom stereocenters. The van der Waals surface area contributed by atoms with E-state index in [0.29, 0.717) is 6.61 Å². The molecule has 7 nitrogen and oxygen atoms in total. The van der Waals surface area contributed by atoms with Crippen LogP contribution in [-0.2, 0) is 22.5 Å². The summed E-state index contributed by atoms with van der Waals surface area (Å²) < 4.78 is 23.9. The van der Waals surface area contributed by atoms with Crippen LogP contribution < -0.4 is 0 Å². The molecule has 0 amide bonds. The Morgan fingerprint density at radius 1 is 0.912 bits per heavy atom. The van der Waals surface area contributed by atoms with Crippen LogP contribution in [0.2, 0.25) is 51.4 Å². The number of ketones is 1. The number of Topliss-reactive ketones (excluding diaryl/α,β-unsaturated/α-hetero) is 1. The Bertz CT molecular complexity index is 754. The van der Waals surface area contributed by atoms with Crippen LogP contribution in [0.3, 0.4) is 0 Å². The van der Waals surface area contributed by atoms with Crippen molar-refractivity contribution in [1.82, 2.24) is 0 Å². The lowest BCUT2D eigenvalue weighted by Gasteiger charge is -2.38. The van der Waals surface area contributed by atoms with Crippen molar-refractivity contribution in [3.8, 4) is 0 Å². The number of esters is 1. The molecule has 1 N–H and O–H groups in total. The number of benzene rings is 1. The fourth-order valence-corrected chi connectivity index (χ4v) is 18.1. The van der Waals surface area contributed by atoms with E-state index < -0.39 is 49.7 Å². The molecule has 10 heteroatoms. The van der Waals surface area contributed by atoms with Gasteiger partial charge in [-0.2, -0.15) is 0 Å². The number of hydrogen-bond acceptors (Lipinski definition) is 7. The molecule has 0 heterocycles. The fraction of sp³-hybridized carbons (Fsp3) is 0.667. The molecule has 0 bridgehead atoms. The average molecular weight is 529 g/mol. The van der Waals surface area contributed by atoms with Crippen LogP contribution in [0.25, 0.3) is 0 Å². The zero-order valence-corrected chi connectivity index (χ0v) is 25.0. The standard InChI is InChI=1S/C24H44O7Si3/c1-8-9-17-32(2,3)30-34(6,7)31-33(4,5)18-13-16-28-20-22(19-25)29-24(27)23(26)21-14-11-10-12-15-21/h10-12,14-15,22,25H,8-9,13,16-20H2,1-7H3. The molecule has 0 radical (unpaired) electrons. The maximum absolute atomic E-state index is 12.1. The summed E-state index contributed by atoms with van der Waals surface area (Å²) in [5, 5.41) is 9.50. The lowest BCUT2D eigenvalue weighted by atomic mass is 10.1. The second kappa shape index (κ2) is 14.4. The van der Waals surface area contributed by atoms with Gasteiger partial charge in [0.1, 0.15) is 6.10 Å². The van der Waals surface area contributed by atoms with Crippen LogP contribution in [0.15, 0.2) is 30.3 Å². The highest BCUT2D eigenvalue weighted by molar-refractivity contribution is 6.87. The number of unbranched alkanes of at least 4 members (excludes halogenated alkanes) is 1. The van der Waals surface area contributed by atoms with Gasteiger partial charge in [-0.15, -0.1) is 0 Å². The zero-order chi connectivity index (χ0) is 25.8. The van der Waals surface area contributed by atoms with Gasteiger partial charge in [-0.3, -0.25) is 4.79 Å². The summed E-state index contributed by atoms with van der Waals surface area (Å²) in [4.78, 5) is 24.2. The molecule has 0 aliphatic rings. The highest BCUT2D eigenvalue weighted by Crippen LogP contribution is 2.26. The fourth-order valence-electron chi connectivity index (χ4n) is 3.91. The zero-order valence-electron chi connectivity index (χ0n) is 22.0. The van der Waals surface area contributed by atoms with Gasteiger partial charge in [-0.05, 0) is 57.8 Å². The highest BCUT2D eigenvalue weighted by atomic mass is 28.5. The van der Waals surface area contributed by atoms with E-state index in [2.05, 4.69) is 46.2 Å². The number of hydrogen-bond donors (Lipinski definition) is 1. The molecule has 0 fully saturated rings. The molecule has 0 aliphatic heterocycles. The minimum atomic E-state index is -2.21. The van der Waals surface area contributed by atoms with Crippen LogP contribution in [0, 0.1) is 0 Å². The quantitative estimate of drug-likeness (QED) is 0.0986. The summed E-state index contributed by atoms with van der Waals surface area (Å²) in [7, 11) is -5.87. The molecule has 0 saturated carbocycles. The molecule has 34 heavy (non-hydrogen) atoms. The van der Waals surface area contributed by atoms with Crippen LogP contribution in [0.4, 0.5) is 0 Å². The highest BCUT2D eigenvalue weighted by Gasteiger charge is 2.39. The molecule has 0 aromatic heterocycles. The molecule has 0 saturated heterocycles. The van der Waals surface area contributed by atoms with E-state index >= 15 is 0 Å².